The van der Waals surface area contributed by atoms with Gasteiger partial charge in [-0.1, -0.05) is 11.6 Å². The fourth-order valence-corrected chi connectivity index (χ4v) is 3.04. The highest BCUT2D eigenvalue weighted by Gasteiger charge is 2.35. The van der Waals surface area contributed by atoms with Crippen molar-refractivity contribution in [2.45, 2.75) is 25.9 Å². The van der Waals surface area contributed by atoms with Crippen LogP contribution in [0.3, 0.4) is 0 Å². The first-order valence-corrected chi connectivity index (χ1v) is 8.02. The largest absolute Gasteiger partial charge is 0.450 e. The zero-order chi connectivity index (χ0) is 18.2. The number of aliphatic imine (C=N–C) groups is 1. The van der Waals surface area contributed by atoms with Crippen molar-refractivity contribution in [3.63, 3.8) is 0 Å². The third-order valence-electron chi connectivity index (χ3n) is 3.89. The van der Waals surface area contributed by atoms with Crippen molar-refractivity contribution < 1.29 is 13.9 Å². The van der Waals surface area contributed by atoms with Crippen LogP contribution in [0.25, 0.3) is 0 Å². The maximum Gasteiger partial charge on any atom is 0.411 e. The van der Waals surface area contributed by atoms with Gasteiger partial charge in [-0.3, -0.25) is 10.3 Å². The lowest BCUT2D eigenvalue weighted by Gasteiger charge is -2.31. The summed E-state index contributed by atoms with van der Waals surface area (Å²) >= 11 is 5.92. The van der Waals surface area contributed by atoms with Crippen molar-refractivity contribution >= 4 is 29.2 Å². The number of ether oxygens (including phenoxy) is 1. The molecule has 132 valence electrons. The molecule has 25 heavy (non-hydrogen) atoms. The smallest absolute Gasteiger partial charge is 0.411 e. The summed E-state index contributed by atoms with van der Waals surface area (Å²) in [5.41, 5.74) is 5.70. The van der Waals surface area contributed by atoms with Crippen LogP contribution < -0.4 is 11.1 Å². The van der Waals surface area contributed by atoms with Gasteiger partial charge in [0.25, 0.3) is 0 Å². The number of rotatable bonds is 3. The summed E-state index contributed by atoms with van der Waals surface area (Å²) in [6.45, 7) is 4.00. The summed E-state index contributed by atoms with van der Waals surface area (Å²) in [5, 5.41) is 2.84. The molecule has 0 aliphatic carbocycles. The Morgan fingerprint density at radius 1 is 1.56 bits per heavy atom. The van der Waals surface area contributed by atoms with Gasteiger partial charge in [-0.15, -0.1) is 0 Å². The van der Waals surface area contributed by atoms with Crippen LogP contribution in [0.15, 0.2) is 29.4 Å². The maximum atomic E-state index is 14.5. The molecule has 0 fully saturated rings. The van der Waals surface area contributed by atoms with E-state index in [1.165, 1.54) is 18.2 Å². The van der Waals surface area contributed by atoms with Gasteiger partial charge in [0.15, 0.2) is 11.7 Å². The lowest BCUT2D eigenvalue weighted by molar-refractivity contribution is 0.168. The highest BCUT2D eigenvalue weighted by Crippen LogP contribution is 2.35. The Kier molecular flexibility index (Phi) is 4.38. The standard InChI is InChI=1S/C16H17ClFN5O2/c1-3-25-15(24)20-9-4-5-11(18)10(6-9)16(2)8-23-7-12(17)21-14(23)13(19)22-16/h4-7H,3,8H2,1-2H3,(H2,19,22)(H,20,24). The number of carbonyl (C=O) groups is 1. The molecule has 1 aliphatic rings. The molecule has 3 rings (SSSR count). The summed E-state index contributed by atoms with van der Waals surface area (Å²) in [7, 11) is 0. The maximum absolute atomic E-state index is 14.5. The van der Waals surface area contributed by atoms with E-state index in [9.17, 15) is 9.18 Å². The van der Waals surface area contributed by atoms with Crippen molar-refractivity contribution in [3.8, 4) is 0 Å². The number of nitrogens with zero attached hydrogens (tertiary/aromatic N) is 3. The first-order valence-electron chi connectivity index (χ1n) is 7.64. The molecule has 0 radical (unpaired) electrons. The van der Waals surface area contributed by atoms with E-state index in [4.69, 9.17) is 22.1 Å². The predicted molar refractivity (Wildman–Crippen MR) is 92.4 cm³/mol. The van der Waals surface area contributed by atoms with Crippen LogP contribution in [-0.4, -0.2) is 28.1 Å². The lowest BCUT2D eigenvalue weighted by Crippen LogP contribution is -2.37. The molecule has 1 aromatic heterocycles. The molecule has 2 aromatic rings. The van der Waals surface area contributed by atoms with Crippen LogP contribution in [0.5, 0.6) is 0 Å². The highest BCUT2D eigenvalue weighted by molar-refractivity contribution is 6.29. The number of hydrogen-bond acceptors (Lipinski definition) is 5. The number of benzene rings is 1. The van der Waals surface area contributed by atoms with Crippen molar-refractivity contribution in [2.75, 3.05) is 11.9 Å². The second kappa shape index (κ2) is 6.36. The summed E-state index contributed by atoms with van der Waals surface area (Å²) in [6, 6.07) is 4.24. The van der Waals surface area contributed by atoms with Gasteiger partial charge in [0, 0.05) is 17.4 Å². The van der Waals surface area contributed by atoms with E-state index in [1.54, 1.807) is 24.6 Å². The number of hydrogen-bond donors (Lipinski definition) is 2. The van der Waals surface area contributed by atoms with E-state index in [2.05, 4.69) is 15.3 Å². The third kappa shape index (κ3) is 3.30. The molecular weight excluding hydrogens is 349 g/mol. The van der Waals surface area contributed by atoms with Gasteiger partial charge >= 0.3 is 6.09 Å². The summed E-state index contributed by atoms with van der Waals surface area (Å²) in [6.07, 6.45) is 1.01. The van der Waals surface area contributed by atoms with Crippen molar-refractivity contribution in [1.82, 2.24) is 9.55 Å². The summed E-state index contributed by atoms with van der Waals surface area (Å²) in [4.78, 5) is 20.1. The minimum Gasteiger partial charge on any atom is -0.450 e. The molecule has 1 unspecified atom stereocenters. The van der Waals surface area contributed by atoms with Gasteiger partial charge in [0.2, 0.25) is 0 Å². The average molecular weight is 366 g/mol. The number of carbonyl (C=O) groups excluding carboxylic acids is 1. The van der Waals surface area contributed by atoms with Gasteiger partial charge in [-0.25, -0.2) is 14.2 Å². The molecule has 0 saturated heterocycles. The van der Waals surface area contributed by atoms with E-state index in [0.29, 0.717) is 23.6 Å². The number of imidazole rings is 1. The second-order valence-corrected chi connectivity index (χ2v) is 6.21. The summed E-state index contributed by atoms with van der Waals surface area (Å²) < 4.78 is 21.1. The minimum atomic E-state index is -0.975. The normalized spacial score (nSPS) is 19.1. The van der Waals surface area contributed by atoms with Gasteiger partial charge in [-0.2, -0.15) is 0 Å². The number of amidine groups is 1. The monoisotopic (exact) mass is 365 g/mol. The van der Waals surface area contributed by atoms with E-state index in [1.807, 2.05) is 0 Å². The SMILES string of the molecule is CCOC(=O)Nc1ccc(F)c(C2(C)Cn3cc(Cl)nc3C(N)=N2)c1. The first-order chi connectivity index (χ1) is 11.8. The van der Waals surface area contributed by atoms with Crippen LogP contribution in [0.1, 0.15) is 25.2 Å². The molecule has 0 saturated carbocycles. The van der Waals surface area contributed by atoms with Crippen LogP contribution in [0.4, 0.5) is 14.9 Å². The molecule has 1 aliphatic heterocycles. The predicted octanol–water partition coefficient (Wildman–Crippen LogP) is 2.88. The Balaban J connectivity index is 1.98. The molecule has 7 nitrogen and oxygen atoms in total. The topological polar surface area (TPSA) is 94.5 Å². The van der Waals surface area contributed by atoms with Crippen molar-refractivity contribution in [2.24, 2.45) is 10.7 Å². The zero-order valence-corrected chi connectivity index (χ0v) is 14.5. The highest BCUT2D eigenvalue weighted by atomic mass is 35.5. The van der Waals surface area contributed by atoms with Crippen molar-refractivity contribution in [1.29, 1.82) is 0 Å². The number of aromatic nitrogens is 2. The van der Waals surface area contributed by atoms with E-state index < -0.39 is 17.4 Å². The molecule has 1 atom stereocenters. The third-order valence-corrected chi connectivity index (χ3v) is 4.07. The number of amides is 1. The molecule has 0 bridgehead atoms. The molecule has 3 N–H and O–H groups in total. The van der Waals surface area contributed by atoms with Crippen LogP contribution in [-0.2, 0) is 16.8 Å². The molecular formula is C16H17ClFN5O2. The van der Waals surface area contributed by atoms with E-state index in [-0.39, 0.29) is 17.6 Å². The number of fused-ring (bicyclic) bond motifs is 1. The minimum absolute atomic E-state index is 0.170. The van der Waals surface area contributed by atoms with Crippen LogP contribution in [0.2, 0.25) is 5.15 Å². The van der Waals surface area contributed by atoms with Gasteiger partial charge in [0.1, 0.15) is 16.5 Å². The van der Waals surface area contributed by atoms with Crippen molar-refractivity contribution in [3.05, 3.63) is 46.8 Å². The van der Waals surface area contributed by atoms with Gasteiger partial charge in [-0.05, 0) is 32.0 Å². The van der Waals surface area contributed by atoms with Crippen LogP contribution >= 0.6 is 11.6 Å². The van der Waals surface area contributed by atoms with Gasteiger partial charge in [0.05, 0.1) is 13.2 Å². The van der Waals surface area contributed by atoms with Crippen LogP contribution in [0, 0.1) is 5.82 Å². The number of halogens is 2. The number of nitrogens with one attached hydrogen (secondary N) is 1. The van der Waals surface area contributed by atoms with E-state index >= 15 is 0 Å². The molecule has 0 spiro atoms. The fraction of sp³-hybridized carbons (Fsp3) is 0.312. The fourth-order valence-electron chi connectivity index (χ4n) is 2.84. The molecule has 1 aromatic carbocycles. The Hall–Kier alpha value is -2.61. The number of nitrogens with two attached hydrogens (primary N) is 1. The molecule has 2 heterocycles. The Morgan fingerprint density at radius 2 is 2.32 bits per heavy atom. The van der Waals surface area contributed by atoms with E-state index in [0.717, 1.165) is 0 Å². The average Bonchev–Trinajstić information content (AvgIpc) is 2.90. The quantitative estimate of drug-likeness (QED) is 0.874. The molecule has 1 amide bonds. The Morgan fingerprint density at radius 3 is 3.04 bits per heavy atom. The van der Waals surface area contributed by atoms with Gasteiger partial charge < -0.3 is 15.0 Å². The Labute approximate surface area is 148 Å². The second-order valence-electron chi connectivity index (χ2n) is 5.83. The molecule has 9 heteroatoms. The summed E-state index contributed by atoms with van der Waals surface area (Å²) in [5.74, 6) is 0.163. The Bertz CT molecular complexity index is 866. The first kappa shape index (κ1) is 17.2. The number of anilines is 1. The zero-order valence-electron chi connectivity index (χ0n) is 13.7. The lowest BCUT2D eigenvalue weighted by atomic mass is 9.90.